The molecule has 3 aromatic rings. The fourth-order valence-electron chi connectivity index (χ4n) is 2.40. The molecule has 4 nitrogen and oxygen atoms in total. The first-order valence-electron chi connectivity index (χ1n) is 7.93. The molecule has 0 radical (unpaired) electrons. The summed E-state index contributed by atoms with van der Waals surface area (Å²) >= 11 is 3.44. The fraction of sp³-hybridized carbons (Fsp3) is 0.0500. The predicted octanol–water partition coefficient (Wildman–Crippen LogP) is 4.49. The van der Waals surface area contributed by atoms with Crippen molar-refractivity contribution in [1.82, 2.24) is 4.83 Å². The van der Waals surface area contributed by atoms with Crippen molar-refractivity contribution in [2.24, 2.45) is 5.10 Å². The van der Waals surface area contributed by atoms with Crippen LogP contribution < -0.4 is 4.83 Å². The first-order valence-corrected chi connectivity index (χ1v) is 10.2. The summed E-state index contributed by atoms with van der Waals surface area (Å²) in [6, 6.07) is 23.7. The summed E-state index contributed by atoms with van der Waals surface area (Å²) in [7, 11) is -3.75. The minimum atomic E-state index is -3.75. The molecule has 6 heteroatoms. The third-order valence-corrected chi connectivity index (χ3v) is 5.47. The minimum Gasteiger partial charge on any atom is -0.200 e. The van der Waals surface area contributed by atoms with E-state index in [0.717, 1.165) is 21.2 Å². The highest BCUT2D eigenvalue weighted by Crippen LogP contribution is 2.17. The number of aryl methyl sites for hydroxylation is 1. The molecular weight excluding hydrogens is 412 g/mol. The van der Waals surface area contributed by atoms with E-state index in [1.54, 1.807) is 24.3 Å². The van der Waals surface area contributed by atoms with Crippen molar-refractivity contribution in [2.45, 2.75) is 11.8 Å². The van der Waals surface area contributed by atoms with E-state index in [-0.39, 0.29) is 4.90 Å². The van der Waals surface area contributed by atoms with Crippen molar-refractivity contribution >= 4 is 31.7 Å². The summed E-state index contributed by atoms with van der Waals surface area (Å²) in [5.74, 6) is 0. The Morgan fingerprint density at radius 3 is 2.19 bits per heavy atom. The summed E-state index contributed by atoms with van der Waals surface area (Å²) in [6.07, 6.45) is 0. The van der Waals surface area contributed by atoms with E-state index in [0.29, 0.717) is 5.71 Å². The van der Waals surface area contributed by atoms with Gasteiger partial charge >= 0.3 is 0 Å². The number of hydrogen-bond acceptors (Lipinski definition) is 3. The second-order valence-electron chi connectivity index (χ2n) is 5.74. The van der Waals surface area contributed by atoms with Gasteiger partial charge in [0.05, 0.1) is 10.6 Å². The van der Waals surface area contributed by atoms with Crippen molar-refractivity contribution in [2.75, 3.05) is 0 Å². The fourth-order valence-corrected chi connectivity index (χ4v) is 3.61. The molecule has 0 aliphatic carbocycles. The lowest BCUT2D eigenvalue weighted by Gasteiger charge is -2.10. The van der Waals surface area contributed by atoms with E-state index < -0.39 is 10.0 Å². The maximum atomic E-state index is 12.6. The lowest BCUT2D eigenvalue weighted by molar-refractivity contribution is 0.584. The molecule has 0 aliphatic rings. The summed E-state index contributed by atoms with van der Waals surface area (Å²) in [4.78, 5) is 2.53. The summed E-state index contributed by atoms with van der Waals surface area (Å²) in [6.45, 7) is 1.91. The van der Waals surface area contributed by atoms with Gasteiger partial charge in [-0.15, -0.1) is 0 Å². The number of sulfonamides is 1. The Morgan fingerprint density at radius 1 is 0.885 bits per heavy atom. The van der Waals surface area contributed by atoms with Gasteiger partial charge in [-0.3, -0.25) is 0 Å². The average molecular weight is 429 g/mol. The molecule has 0 spiro atoms. The van der Waals surface area contributed by atoms with Crippen molar-refractivity contribution in [3.05, 3.63) is 100 Å². The Hall–Kier alpha value is -2.44. The SMILES string of the molecule is Cc1ccc(S(=O)(=O)N/N=C(\c2ccccc2)c2cccc(Br)c2)cc1. The first kappa shape index (κ1) is 18.4. The highest BCUT2D eigenvalue weighted by Gasteiger charge is 2.14. The topological polar surface area (TPSA) is 58.5 Å². The van der Waals surface area contributed by atoms with Gasteiger partial charge < -0.3 is 0 Å². The van der Waals surface area contributed by atoms with Crippen molar-refractivity contribution in [1.29, 1.82) is 0 Å². The Balaban J connectivity index is 2.00. The van der Waals surface area contributed by atoms with Gasteiger partial charge in [-0.05, 0) is 31.2 Å². The normalized spacial score (nSPS) is 12.0. The molecule has 0 heterocycles. The van der Waals surface area contributed by atoms with E-state index in [1.807, 2.05) is 61.5 Å². The van der Waals surface area contributed by atoms with Gasteiger partial charge in [-0.1, -0.05) is 76.1 Å². The first-order chi connectivity index (χ1) is 12.5. The van der Waals surface area contributed by atoms with Crippen LogP contribution in [0.3, 0.4) is 0 Å². The van der Waals surface area contributed by atoms with Crippen molar-refractivity contribution < 1.29 is 8.42 Å². The summed E-state index contributed by atoms with van der Waals surface area (Å²) in [5, 5.41) is 4.23. The molecule has 132 valence electrons. The van der Waals surface area contributed by atoms with Crippen LogP contribution in [0.25, 0.3) is 0 Å². The van der Waals surface area contributed by atoms with E-state index in [4.69, 9.17) is 0 Å². The van der Waals surface area contributed by atoms with Crippen LogP contribution in [-0.2, 0) is 10.0 Å². The van der Waals surface area contributed by atoms with Gasteiger partial charge in [0.2, 0.25) is 0 Å². The van der Waals surface area contributed by atoms with E-state index >= 15 is 0 Å². The lowest BCUT2D eigenvalue weighted by Crippen LogP contribution is -2.21. The Bertz CT molecular complexity index is 1030. The molecule has 0 aromatic heterocycles. The molecule has 0 saturated heterocycles. The standard InChI is InChI=1S/C20H17BrN2O2S/c1-15-10-12-19(13-11-15)26(24,25)23-22-20(16-6-3-2-4-7-16)17-8-5-9-18(21)14-17/h2-14,23H,1H3/b22-20+. The summed E-state index contributed by atoms with van der Waals surface area (Å²) < 4.78 is 26.0. The van der Waals surface area contributed by atoms with Crippen LogP contribution in [0, 0.1) is 6.92 Å². The predicted molar refractivity (Wildman–Crippen MR) is 108 cm³/mol. The monoisotopic (exact) mass is 428 g/mol. The smallest absolute Gasteiger partial charge is 0.200 e. The Kier molecular flexibility index (Phi) is 5.54. The molecule has 0 saturated carbocycles. The van der Waals surface area contributed by atoms with Gasteiger partial charge in [-0.25, -0.2) is 0 Å². The second kappa shape index (κ2) is 7.85. The number of halogens is 1. The number of rotatable bonds is 5. The van der Waals surface area contributed by atoms with E-state index in [2.05, 4.69) is 25.9 Å². The highest BCUT2D eigenvalue weighted by atomic mass is 79.9. The molecule has 26 heavy (non-hydrogen) atoms. The third kappa shape index (κ3) is 4.39. The quantitative estimate of drug-likeness (QED) is 0.480. The molecule has 1 N–H and O–H groups in total. The van der Waals surface area contributed by atoms with E-state index in [9.17, 15) is 8.42 Å². The zero-order chi connectivity index (χ0) is 18.6. The Morgan fingerprint density at radius 2 is 1.54 bits per heavy atom. The van der Waals surface area contributed by atoms with Crippen molar-refractivity contribution in [3.8, 4) is 0 Å². The third-order valence-electron chi connectivity index (χ3n) is 3.75. The molecule has 0 amide bonds. The molecule has 0 atom stereocenters. The molecule has 0 fully saturated rings. The molecule has 0 bridgehead atoms. The van der Waals surface area contributed by atoms with Crippen LogP contribution in [0.4, 0.5) is 0 Å². The number of nitrogens with one attached hydrogen (secondary N) is 1. The van der Waals surface area contributed by atoms with Crippen LogP contribution in [0.15, 0.2) is 93.3 Å². The maximum Gasteiger partial charge on any atom is 0.276 e. The van der Waals surface area contributed by atoms with Crippen molar-refractivity contribution in [3.63, 3.8) is 0 Å². The molecule has 3 aromatic carbocycles. The van der Waals surface area contributed by atoms with Gasteiger partial charge in [-0.2, -0.15) is 18.4 Å². The molecule has 3 rings (SSSR count). The molecule has 0 aliphatic heterocycles. The summed E-state index contributed by atoms with van der Waals surface area (Å²) in [5.41, 5.74) is 3.16. The maximum absolute atomic E-state index is 12.6. The van der Waals surface area contributed by atoms with Crippen LogP contribution in [0.5, 0.6) is 0 Å². The molecular formula is C20H17BrN2O2S. The van der Waals surface area contributed by atoms with Crippen LogP contribution in [0.1, 0.15) is 16.7 Å². The van der Waals surface area contributed by atoms with Gasteiger partial charge in [0.1, 0.15) is 0 Å². The average Bonchev–Trinajstić information content (AvgIpc) is 2.63. The van der Waals surface area contributed by atoms with Gasteiger partial charge in [0, 0.05) is 15.6 Å². The van der Waals surface area contributed by atoms with Gasteiger partial charge in [0.25, 0.3) is 10.0 Å². The zero-order valence-electron chi connectivity index (χ0n) is 14.1. The zero-order valence-corrected chi connectivity index (χ0v) is 16.5. The van der Waals surface area contributed by atoms with E-state index in [1.165, 1.54) is 0 Å². The van der Waals surface area contributed by atoms with Crippen LogP contribution in [-0.4, -0.2) is 14.1 Å². The largest absolute Gasteiger partial charge is 0.276 e. The second-order valence-corrected chi connectivity index (χ2v) is 8.32. The lowest BCUT2D eigenvalue weighted by atomic mass is 10.0. The molecule has 0 unspecified atom stereocenters. The number of hydrazone groups is 1. The van der Waals surface area contributed by atoms with Crippen LogP contribution >= 0.6 is 15.9 Å². The highest BCUT2D eigenvalue weighted by molar-refractivity contribution is 9.10. The number of hydrogen-bond donors (Lipinski definition) is 1. The minimum absolute atomic E-state index is 0.175. The Labute approximate surface area is 161 Å². The number of nitrogens with zero attached hydrogens (tertiary/aromatic N) is 1. The van der Waals surface area contributed by atoms with Crippen LogP contribution in [0.2, 0.25) is 0 Å². The number of benzene rings is 3. The van der Waals surface area contributed by atoms with Gasteiger partial charge in [0.15, 0.2) is 0 Å².